The molecule has 2 aromatic rings. The van der Waals surface area contributed by atoms with Gasteiger partial charge in [-0.1, -0.05) is 42.5 Å². The van der Waals surface area contributed by atoms with Gasteiger partial charge in [0, 0.05) is 10.2 Å². The lowest BCUT2D eigenvalue weighted by Gasteiger charge is -2.36. The minimum absolute atomic E-state index is 0.111. The monoisotopic (exact) mass is 554 g/mol. The highest BCUT2D eigenvalue weighted by atomic mass is 127. The molecule has 1 atom stereocenters. The Hall–Kier alpha value is -1.48. The fourth-order valence-electron chi connectivity index (χ4n) is 3.21. The van der Waals surface area contributed by atoms with E-state index in [4.69, 9.17) is 14.2 Å². The average Bonchev–Trinajstić information content (AvgIpc) is 2.72. The zero-order valence-corrected chi connectivity index (χ0v) is 21.8. The molecule has 176 valence electrons. The highest BCUT2D eigenvalue weighted by molar-refractivity contribution is 14.1. The largest absolute Gasteiger partial charge is 0.459 e. The Kier molecular flexibility index (Phi) is 9.69. The van der Waals surface area contributed by atoms with Crippen molar-refractivity contribution in [1.82, 2.24) is 0 Å². The number of aliphatic hydroxyl groups excluding tert-OH is 1. The van der Waals surface area contributed by atoms with Crippen molar-refractivity contribution in [3.63, 3.8) is 0 Å². The number of halogens is 1. The molecule has 0 spiro atoms. The lowest BCUT2D eigenvalue weighted by atomic mass is 9.78. The minimum Gasteiger partial charge on any atom is -0.459 e. The number of rotatable bonds is 11. The van der Waals surface area contributed by atoms with Crippen LogP contribution in [-0.2, 0) is 31.0 Å². The van der Waals surface area contributed by atoms with E-state index >= 15 is 0 Å². The number of hydrogen-bond donors (Lipinski definition) is 1. The van der Waals surface area contributed by atoms with Crippen molar-refractivity contribution >= 4 is 28.6 Å². The lowest BCUT2D eigenvalue weighted by Crippen LogP contribution is -2.46. The predicted molar refractivity (Wildman–Crippen MR) is 135 cm³/mol. The Morgan fingerprint density at radius 2 is 1.69 bits per heavy atom. The Labute approximate surface area is 205 Å². The fraction of sp³-hybridized carbons (Fsp3) is 0.500. The van der Waals surface area contributed by atoms with Crippen molar-refractivity contribution in [1.29, 1.82) is 0 Å². The standard InChI is InChI=1S/C26H35IO5/c1-24(2,3)32-23(29)26(14-15-31-25(4,5)18-28,21-12-9-13-22(27)16-21)19-30-17-20-10-7-6-8-11-20/h6-13,16,28H,14-15,17-19H2,1-5H3. The van der Waals surface area contributed by atoms with Crippen molar-refractivity contribution in [2.24, 2.45) is 0 Å². The van der Waals surface area contributed by atoms with Gasteiger partial charge in [-0.15, -0.1) is 0 Å². The third-order valence-corrected chi connectivity index (χ3v) is 5.70. The number of benzene rings is 2. The molecule has 0 heterocycles. The van der Waals surface area contributed by atoms with Crippen LogP contribution in [0.15, 0.2) is 54.6 Å². The van der Waals surface area contributed by atoms with Crippen LogP contribution in [0.1, 0.15) is 52.2 Å². The van der Waals surface area contributed by atoms with Gasteiger partial charge in [0.05, 0.1) is 25.4 Å². The minimum atomic E-state index is -1.05. The molecule has 0 aliphatic rings. The van der Waals surface area contributed by atoms with Gasteiger partial charge in [0.15, 0.2) is 0 Å². The number of hydrogen-bond acceptors (Lipinski definition) is 5. The number of carbonyl (C=O) groups is 1. The number of aliphatic hydroxyl groups is 1. The van der Waals surface area contributed by atoms with Crippen molar-refractivity contribution in [2.45, 2.75) is 64.3 Å². The van der Waals surface area contributed by atoms with E-state index in [1.54, 1.807) is 0 Å². The first-order chi connectivity index (χ1) is 15.0. The Morgan fingerprint density at radius 3 is 2.28 bits per heavy atom. The van der Waals surface area contributed by atoms with E-state index in [-0.39, 0.29) is 25.8 Å². The highest BCUT2D eigenvalue weighted by Gasteiger charge is 2.44. The van der Waals surface area contributed by atoms with E-state index in [0.717, 1.165) is 14.7 Å². The zero-order chi connectivity index (χ0) is 23.8. The van der Waals surface area contributed by atoms with Gasteiger partial charge in [0.2, 0.25) is 0 Å². The molecule has 32 heavy (non-hydrogen) atoms. The van der Waals surface area contributed by atoms with E-state index in [1.807, 2.05) is 89.2 Å². The van der Waals surface area contributed by atoms with Gasteiger partial charge in [0.25, 0.3) is 0 Å². The molecule has 1 N–H and O–H groups in total. The Balaban J connectivity index is 2.38. The van der Waals surface area contributed by atoms with Gasteiger partial charge in [-0.2, -0.15) is 0 Å². The van der Waals surface area contributed by atoms with E-state index in [9.17, 15) is 9.90 Å². The van der Waals surface area contributed by atoms with Crippen LogP contribution < -0.4 is 0 Å². The first kappa shape index (κ1) is 26.8. The molecule has 0 aliphatic carbocycles. The summed E-state index contributed by atoms with van der Waals surface area (Å²) >= 11 is 2.24. The van der Waals surface area contributed by atoms with Crippen LogP contribution in [0.4, 0.5) is 0 Å². The molecule has 2 rings (SSSR count). The number of carbonyl (C=O) groups excluding carboxylic acids is 1. The van der Waals surface area contributed by atoms with Gasteiger partial charge in [-0.25, -0.2) is 0 Å². The molecule has 0 saturated heterocycles. The summed E-state index contributed by atoms with van der Waals surface area (Å²) in [5.74, 6) is -0.342. The maximum atomic E-state index is 13.7. The van der Waals surface area contributed by atoms with Crippen LogP contribution >= 0.6 is 22.6 Å². The fourth-order valence-corrected chi connectivity index (χ4v) is 3.75. The summed E-state index contributed by atoms with van der Waals surface area (Å²) in [6, 6.07) is 17.7. The van der Waals surface area contributed by atoms with Crippen LogP contribution in [0.2, 0.25) is 0 Å². The third kappa shape index (κ3) is 8.14. The van der Waals surface area contributed by atoms with E-state index in [0.29, 0.717) is 13.0 Å². The molecule has 0 amide bonds. The second-order valence-electron chi connectivity index (χ2n) is 9.59. The molecule has 6 heteroatoms. The molecular weight excluding hydrogens is 519 g/mol. The first-order valence-electron chi connectivity index (χ1n) is 10.8. The van der Waals surface area contributed by atoms with Crippen LogP contribution in [0.5, 0.6) is 0 Å². The molecular formula is C26H35IO5. The van der Waals surface area contributed by atoms with Crippen molar-refractivity contribution in [3.05, 3.63) is 69.3 Å². The summed E-state index contributed by atoms with van der Waals surface area (Å²) in [6.45, 7) is 9.92. The van der Waals surface area contributed by atoms with Gasteiger partial charge in [-0.3, -0.25) is 4.79 Å². The quantitative estimate of drug-likeness (QED) is 0.303. The Morgan fingerprint density at radius 1 is 1.00 bits per heavy atom. The third-order valence-electron chi connectivity index (χ3n) is 5.03. The Bertz CT molecular complexity index is 860. The molecule has 0 fully saturated rings. The molecule has 5 nitrogen and oxygen atoms in total. The van der Waals surface area contributed by atoms with E-state index < -0.39 is 16.6 Å². The summed E-state index contributed by atoms with van der Waals surface area (Å²) in [6.07, 6.45) is 0.361. The maximum Gasteiger partial charge on any atom is 0.319 e. The molecule has 0 radical (unpaired) electrons. The normalized spacial score (nSPS) is 14.1. The summed E-state index contributed by atoms with van der Waals surface area (Å²) in [5.41, 5.74) is -0.526. The van der Waals surface area contributed by atoms with Gasteiger partial charge in [0.1, 0.15) is 11.0 Å². The maximum absolute atomic E-state index is 13.7. The average molecular weight is 554 g/mol. The van der Waals surface area contributed by atoms with Gasteiger partial charge >= 0.3 is 5.97 Å². The molecule has 0 bridgehead atoms. The molecule has 1 unspecified atom stereocenters. The number of ether oxygens (including phenoxy) is 3. The van der Waals surface area contributed by atoms with Crippen molar-refractivity contribution in [2.75, 3.05) is 19.8 Å². The summed E-state index contributed by atoms with van der Waals surface area (Å²) in [4.78, 5) is 13.7. The molecule has 2 aromatic carbocycles. The van der Waals surface area contributed by atoms with Crippen LogP contribution in [0.3, 0.4) is 0 Å². The van der Waals surface area contributed by atoms with Crippen LogP contribution in [0.25, 0.3) is 0 Å². The zero-order valence-electron chi connectivity index (χ0n) is 19.7. The smallest absolute Gasteiger partial charge is 0.319 e. The second kappa shape index (κ2) is 11.6. The topological polar surface area (TPSA) is 65.0 Å². The van der Waals surface area contributed by atoms with Crippen molar-refractivity contribution < 1.29 is 24.1 Å². The molecule has 0 aromatic heterocycles. The molecule has 0 aliphatic heterocycles. The lowest BCUT2D eigenvalue weighted by molar-refractivity contribution is -0.167. The highest BCUT2D eigenvalue weighted by Crippen LogP contribution is 2.34. The van der Waals surface area contributed by atoms with Crippen LogP contribution in [-0.4, -0.2) is 42.1 Å². The van der Waals surface area contributed by atoms with Crippen LogP contribution in [0, 0.1) is 3.57 Å². The SMILES string of the molecule is CC(C)(C)OC(=O)C(CCOC(C)(C)CO)(COCc1ccccc1)c1cccc(I)c1. The predicted octanol–water partition coefficient (Wildman–Crippen LogP) is 5.27. The van der Waals surface area contributed by atoms with Gasteiger partial charge in [-0.05, 0) is 86.9 Å². The second-order valence-corrected chi connectivity index (χ2v) is 10.8. The van der Waals surface area contributed by atoms with Gasteiger partial charge < -0.3 is 19.3 Å². The van der Waals surface area contributed by atoms with E-state index in [1.165, 1.54) is 0 Å². The summed E-state index contributed by atoms with van der Waals surface area (Å²) in [7, 11) is 0. The number of esters is 1. The van der Waals surface area contributed by atoms with E-state index in [2.05, 4.69) is 22.6 Å². The first-order valence-corrected chi connectivity index (χ1v) is 11.9. The summed E-state index contributed by atoms with van der Waals surface area (Å²) < 4.78 is 18.9. The van der Waals surface area contributed by atoms with Crippen molar-refractivity contribution in [3.8, 4) is 0 Å². The molecule has 0 saturated carbocycles. The summed E-state index contributed by atoms with van der Waals surface area (Å²) in [5, 5.41) is 9.56.